The monoisotopic (exact) mass is 572 g/mol. The molecule has 15 heteroatoms. The molecule has 4 rings (SSSR count). The summed E-state index contributed by atoms with van der Waals surface area (Å²) < 4.78 is 73.5. The molecule has 0 unspecified atom stereocenters. The van der Waals surface area contributed by atoms with Gasteiger partial charge >= 0.3 is 28.0 Å². The van der Waals surface area contributed by atoms with Gasteiger partial charge in [-0.15, -0.1) is 0 Å². The molecule has 0 radical (unpaired) electrons. The zero-order valence-corrected chi connectivity index (χ0v) is 21.7. The second-order valence-corrected chi connectivity index (χ2v) is 10.6. The minimum Gasteiger partial charge on any atom is -0.462 e. The quantitative estimate of drug-likeness (QED) is 0.435. The van der Waals surface area contributed by atoms with Gasteiger partial charge in [0.25, 0.3) is 5.56 Å². The Morgan fingerprint density at radius 3 is 2.34 bits per heavy atom. The minimum absolute atomic E-state index is 0.0838. The highest BCUT2D eigenvalue weighted by Crippen LogP contribution is 2.40. The van der Waals surface area contributed by atoms with Gasteiger partial charge < -0.3 is 4.74 Å². The summed E-state index contributed by atoms with van der Waals surface area (Å²) >= 11 is 5.97. The third-order valence-corrected chi connectivity index (χ3v) is 8.21. The van der Waals surface area contributed by atoms with Crippen molar-refractivity contribution in [3.8, 4) is 5.69 Å². The molecule has 0 N–H and O–H groups in total. The molecule has 0 aliphatic carbocycles. The first-order chi connectivity index (χ1) is 17.7. The first-order valence-electron chi connectivity index (χ1n) is 11.0. The van der Waals surface area contributed by atoms with E-state index in [-0.39, 0.29) is 23.5 Å². The van der Waals surface area contributed by atoms with Crippen molar-refractivity contribution in [2.75, 3.05) is 29.3 Å². The van der Waals surface area contributed by atoms with Crippen molar-refractivity contribution in [1.82, 2.24) is 9.13 Å². The number of fused-ring (bicyclic) bond motifs is 1. The molecule has 10 nitrogen and oxygen atoms in total. The van der Waals surface area contributed by atoms with E-state index in [0.29, 0.717) is 10.3 Å². The molecule has 0 saturated heterocycles. The molecule has 1 aliphatic heterocycles. The van der Waals surface area contributed by atoms with Crippen molar-refractivity contribution in [3.05, 3.63) is 85.1 Å². The van der Waals surface area contributed by atoms with Gasteiger partial charge in [0.15, 0.2) is 0 Å². The van der Waals surface area contributed by atoms with E-state index in [1.54, 1.807) is 0 Å². The average molecular weight is 573 g/mol. The SMILES string of the molecule is CCOC(=O)c1cn(-c2ccc3c(c2)N(C)S(=O)(=O)N3C)c(=O)n(Cc2cccc(C(F)(F)F)c2Cl)c1=O. The maximum Gasteiger partial charge on any atom is 0.417 e. The number of esters is 1. The number of ether oxygens (including phenoxy) is 1. The number of aromatic nitrogens is 2. The predicted molar refractivity (Wildman–Crippen MR) is 134 cm³/mol. The topological polar surface area (TPSA) is 111 Å². The van der Waals surface area contributed by atoms with Gasteiger partial charge in [-0.2, -0.15) is 21.6 Å². The lowest BCUT2D eigenvalue weighted by Crippen LogP contribution is -2.42. The largest absolute Gasteiger partial charge is 0.462 e. The predicted octanol–water partition coefficient (Wildman–Crippen LogP) is 3.03. The summed E-state index contributed by atoms with van der Waals surface area (Å²) in [6.45, 7) is 0.725. The Labute approximate surface area is 219 Å². The number of anilines is 2. The van der Waals surface area contributed by atoms with Crippen LogP contribution in [0.15, 0.2) is 52.2 Å². The molecule has 3 aromatic rings. The Balaban J connectivity index is 1.94. The highest BCUT2D eigenvalue weighted by molar-refractivity contribution is 7.94. The first kappa shape index (κ1) is 27.3. The van der Waals surface area contributed by atoms with Gasteiger partial charge in [0.05, 0.1) is 40.8 Å². The molecule has 38 heavy (non-hydrogen) atoms. The van der Waals surface area contributed by atoms with Crippen LogP contribution in [0.1, 0.15) is 28.4 Å². The summed E-state index contributed by atoms with van der Waals surface area (Å²) in [5.41, 5.74) is -3.39. The van der Waals surface area contributed by atoms with Crippen LogP contribution in [0.4, 0.5) is 24.5 Å². The summed E-state index contributed by atoms with van der Waals surface area (Å²) in [4.78, 5) is 39.2. The molecule has 0 bridgehead atoms. The maximum absolute atomic E-state index is 13.5. The van der Waals surface area contributed by atoms with Gasteiger partial charge in [0.1, 0.15) is 5.56 Å². The molecule has 0 spiro atoms. The number of benzene rings is 2. The summed E-state index contributed by atoms with van der Waals surface area (Å²) in [5.74, 6) is -1.06. The number of halogens is 4. The molecule has 1 aromatic heterocycles. The molecular formula is C23H20ClF3N4O6S. The van der Waals surface area contributed by atoms with E-state index in [1.165, 1.54) is 45.3 Å². The second kappa shape index (κ2) is 9.51. The van der Waals surface area contributed by atoms with Crippen LogP contribution in [0.2, 0.25) is 5.02 Å². The Hall–Kier alpha value is -3.78. The van der Waals surface area contributed by atoms with Crippen molar-refractivity contribution in [2.24, 2.45) is 0 Å². The number of carbonyl (C=O) groups is 1. The normalized spacial score (nSPS) is 14.5. The molecular weight excluding hydrogens is 553 g/mol. The minimum atomic E-state index is -4.78. The van der Waals surface area contributed by atoms with E-state index in [2.05, 4.69) is 0 Å². The molecule has 2 heterocycles. The van der Waals surface area contributed by atoms with Crippen molar-refractivity contribution in [2.45, 2.75) is 19.6 Å². The fourth-order valence-corrected chi connectivity index (χ4v) is 5.44. The first-order valence-corrected chi connectivity index (χ1v) is 12.7. The molecule has 1 aliphatic rings. The molecule has 0 atom stereocenters. The molecule has 202 valence electrons. The fraction of sp³-hybridized carbons (Fsp3) is 0.261. The van der Waals surface area contributed by atoms with Crippen molar-refractivity contribution in [1.29, 1.82) is 0 Å². The van der Waals surface area contributed by atoms with Crippen LogP contribution < -0.4 is 19.9 Å². The molecule has 2 aromatic carbocycles. The van der Waals surface area contributed by atoms with Crippen molar-refractivity contribution >= 4 is 39.2 Å². The van der Waals surface area contributed by atoms with Crippen LogP contribution >= 0.6 is 11.6 Å². The zero-order chi connectivity index (χ0) is 28.2. The van der Waals surface area contributed by atoms with E-state index in [4.69, 9.17) is 16.3 Å². The summed E-state index contributed by atoms with van der Waals surface area (Å²) in [6.07, 6.45) is -3.84. The summed E-state index contributed by atoms with van der Waals surface area (Å²) in [7, 11) is -1.18. The number of nitrogens with zero attached hydrogens (tertiary/aromatic N) is 4. The van der Waals surface area contributed by atoms with Gasteiger partial charge in [0.2, 0.25) is 0 Å². The summed E-state index contributed by atoms with van der Waals surface area (Å²) in [6, 6.07) is 7.24. The van der Waals surface area contributed by atoms with Crippen LogP contribution in [0.25, 0.3) is 5.69 Å². The van der Waals surface area contributed by atoms with Gasteiger partial charge in [-0.05, 0) is 36.8 Å². The van der Waals surface area contributed by atoms with Crippen LogP contribution in [0.5, 0.6) is 0 Å². The Kier molecular flexibility index (Phi) is 6.82. The van der Waals surface area contributed by atoms with E-state index in [9.17, 15) is 36.0 Å². The number of hydrogen-bond acceptors (Lipinski definition) is 6. The Bertz CT molecular complexity index is 1680. The van der Waals surface area contributed by atoms with Crippen LogP contribution in [-0.2, 0) is 27.7 Å². The second-order valence-electron chi connectivity index (χ2n) is 8.20. The molecule has 0 fully saturated rings. The lowest BCUT2D eigenvalue weighted by atomic mass is 10.1. The van der Waals surface area contributed by atoms with Gasteiger partial charge in [-0.25, -0.2) is 9.59 Å². The van der Waals surface area contributed by atoms with Crippen LogP contribution in [0.3, 0.4) is 0 Å². The third kappa shape index (κ3) is 4.43. The maximum atomic E-state index is 13.5. The highest BCUT2D eigenvalue weighted by atomic mass is 35.5. The van der Waals surface area contributed by atoms with Crippen LogP contribution in [-0.4, -0.2) is 44.2 Å². The Morgan fingerprint density at radius 1 is 1.05 bits per heavy atom. The van der Waals surface area contributed by atoms with Gasteiger partial charge in [0, 0.05) is 20.3 Å². The number of hydrogen-bond donors (Lipinski definition) is 0. The van der Waals surface area contributed by atoms with E-state index >= 15 is 0 Å². The smallest absolute Gasteiger partial charge is 0.417 e. The average Bonchev–Trinajstić information content (AvgIpc) is 3.01. The van der Waals surface area contributed by atoms with Crippen molar-refractivity contribution < 1.29 is 31.1 Å². The van der Waals surface area contributed by atoms with E-state index < -0.39 is 56.3 Å². The number of carbonyl (C=O) groups excluding carboxylic acids is 1. The lowest BCUT2D eigenvalue weighted by molar-refractivity contribution is -0.137. The van der Waals surface area contributed by atoms with E-state index in [1.807, 2.05) is 0 Å². The number of rotatable bonds is 5. The Morgan fingerprint density at radius 2 is 1.71 bits per heavy atom. The number of alkyl halides is 3. The van der Waals surface area contributed by atoms with Gasteiger partial charge in [-0.3, -0.25) is 22.5 Å². The van der Waals surface area contributed by atoms with E-state index in [0.717, 1.165) is 31.5 Å². The lowest BCUT2D eigenvalue weighted by Gasteiger charge is -2.16. The zero-order valence-electron chi connectivity index (χ0n) is 20.1. The molecule has 0 amide bonds. The van der Waals surface area contributed by atoms with Gasteiger partial charge in [-0.1, -0.05) is 23.7 Å². The van der Waals surface area contributed by atoms with Crippen molar-refractivity contribution in [3.63, 3.8) is 0 Å². The summed E-state index contributed by atoms with van der Waals surface area (Å²) in [5, 5.41) is -0.702. The van der Waals surface area contributed by atoms with Crippen LogP contribution in [0, 0.1) is 0 Å². The highest BCUT2D eigenvalue weighted by Gasteiger charge is 2.36. The third-order valence-electron chi connectivity index (χ3n) is 5.99. The molecule has 0 saturated carbocycles. The standard InChI is InChI=1S/C23H20ClF3N4O6S/c1-4-37-21(33)15-12-30(14-8-9-17-18(10-14)29(3)38(35,36)28(17)2)22(34)31(20(15)32)11-13-6-5-7-16(19(13)24)23(25,26)27/h5-10,12H,4,11H2,1-3H3. The fourth-order valence-electron chi connectivity index (χ4n) is 3.98.